The van der Waals surface area contributed by atoms with E-state index in [1.807, 2.05) is 19.1 Å². The molecule has 4 heteroatoms. The van der Waals surface area contributed by atoms with Gasteiger partial charge in [0.15, 0.2) is 0 Å². The molecule has 1 unspecified atom stereocenters. The fourth-order valence-electron chi connectivity index (χ4n) is 1.91. The van der Waals surface area contributed by atoms with Crippen LogP contribution in [0, 0.1) is 12.7 Å². The molecule has 0 aliphatic heterocycles. The number of halogens is 1. The van der Waals surface area contributed by atoms with Gasteiger partial charge < -0.3 is 14.8 Å². The van der Waals surface area contributed by atoms with Crippen molar-refractivity contribution >= 4 is 0 Å². The van der Waals surface area contributed by atoms with Crippen LogP contribution in [0.25, 0.3) is 0 Å². The molecule has 1 heterocycles. The standard InChI is InChI=1S/C15H18FNO2/c1-11-6-7-14(19-11)15(2,18)10-17-9-12-4-3-5-13(16)8-12/h3-8,17-18H,9-10H2,1-2H3. The van der Waals surface area contributed by atoms with Gasteiger partial charge in [-0.15, -0.1) is 0 Å². The Morgan fingerprint density at radius 3 is 2.74 bits per heavy atom. The highest BCUT2D eigenvalue weighted by Crippen LogP contribution is 2.22. The predicted molar refractivity (Wildman–Crippen MR) is 71.1 cm³/mol. The van der Waals surface area contributed by atoms with Crippen molar-refractivity contribution in [2.24, 2.45) is 0 Å². The van der Waals surface area contributed by atoms with Crippen LogP contribution in [-0.2, 0) is 12.1 Å². The predicted octanol–water partition coefficient (Wildman–Crippen LogP) is 2.72. The first kappa shape index (κ1) is 13.8. The normalized spacial score (nSPS) is 14.3. The molecule has 0 bridgehead atoms. The minimum Gasteiger partial charge on any atom is -0.463 e. The van der Waals surface area contributed by atoms with Gasteiger partial charge in [-0.3, -0.25) is 0 Å². The van der Waals surface area contributed by atoms with Crippen LogP contribution in [0.1, 0.15) is 24.0 Å². The molecule has 2 aromatic rings. The molecular formula is C15H18FNO2. The van der Waals surface area contributed by atoms with Crippen molar-refractivity contribution in [2.75, 3.05) is 6.54 Å². The molecule has 0 spiro atoms. The molecule has 1 atom stereocenters. The van der Waals surface area contributed by atoms with Gasteiger partial charge in [-0.2, -0.15) is 0 Å². The molecule has 0 fully saturated rings. The van der Waals surface area contributed by atoms with Gasteiger partial charge in [0.25, 0.3) is 0 Å². The van der Waals surface area contributed by atoms with Crippen LogP contribution in [0.15, 0.2) is 40.8 Å². The summed E-state index contributed by atoms with van der Waals surface area (Å²) in [5, 5.41) is 13.4. The summed E-state index contributed by atoms with van der Waals surface area (Å²) in [6.45, 7) is 4.34. The summed E-state index contributed by atoms with van der Waals surface area (Å²) in [6, 6.07) is 9.96. The second-order valence-corrected chi connectivity index (χ2v) is 4.92. The van der Waals surface area contributed by atoms with E-state index >= 15 is 0 Å². The molecule has 3 nitrogen and oxygen atoms in total. The van der Waals surface area contributed by atoms with Crippen LogP contribution in [0.4, 0.5) is 4.39 Å². The number of benzene rings is 1. The second kappa shape index (κ2) is 5.55. The SMILES string of the molecule is Cc1ccc(C(C)(O)CNCc2cccc(F)c2)o1. The number of nitrogens with one attached hydrogen (secondary N) is 1. The van der Waals surface area contributed by atoms with Gasteiger partial charge in [-0.05, 0) is 43.7 Å². The fourth-order valence-corrected chi connectivity index (χ4v) is 1.91. The molecule has 0 radical (unpaired) electrons. The molecule has 102 valence electrons. The highest BCUT2D eigenvalue weighted by Gasteiger charge is 2.26. The molecule has 0 saturated heterocycles. The lowest BCUT2D eigenvalue weighted by Gasteiger charge is -2.21. The number of hydrogen-bond acceptors (Lipinski definition) is 3. The van der Waals surface area contributed by atoms with E-state index in [0.717, 1.165) is 11.3 Å². The lowest BCUT2D eigenvalue weighted by Crippen LogP contribution is -2.34. The van der Waals surface area contributed by atoms with E-state index in [1.165, 1.54) is 12.1 Å². The van der Waals surface area contributed by atoms with Crippen LogP contribution in [0.3, 0.4) is 0 Å². The maximum atomic E-state index is 13.0. The zero-order valence-corrected chi connectivity index (χ0v) is 11.1. The molecule has 0 amide bonds. The van der Waals surface area contributed by atoms with Crippen LogP contribution < -0.4 is 5.32 Å². The third-order valence-electron chi connectivity index (χ3n) is 2.96. The molecule has 19 heavy (non-hydrogen) atoms. The van der Waals surface area contributed by atoms with E-state index in [9.17, 15) is 9.50 Å². The Labute approximate surface area is 112 Å². The molecule has 0 aliphatic rings. The van der Waals surface area contributed by atoms with Gasteiger partial charge in [-0.25, -0.2) is 4.39 Å². The summed E-state index contributed by atoms with van der Waals surface area (Å²) in [5.41, 5.74) is -0.242. The largest absolute Gasteiger partial charge is 0.463 e. The summed E-state index contributed by atoms with van der Waals surface area (Å²) in [4.78, 5) is 0. The molecule has 0 aliphatic carbocycles. The first-order valence-electron chi connectivity index (χ1n) is 6.22. The Balaban J connectivity index is 1.91. The van der Waals surface area contributed by atoms with E-state index in [-0.39, 0.29) is 5.82 Å². The summed E-state index contributed by atoms with van der Waals surface area (Å²) in [6.07, 6.45) is 0. The number of aliphatic hydroxyl groups is 1. The topological polar surface area (TPSA) is 45.4 Å². The zero-order chi connectivity index (χ0) is 13.9. The lowest BCUT2D eigenvalue weighted by molar-refractivity contribution is 0.0333. The van der Waals surface area contributed by atoms with Crippen LogP contribution in [0.5, 0.6) is 0 Å². The van der Waals surface area contributed by atoms with Gasteiger partial charge >= 0.3 is 0 Å². The lowest BCUT2D eigenvalue weighted by atomic mass is 10.0. The van der Waals surface area contributed by atoms with Crippen LogP contribution >= 0.6 is 0 Å². The Hall–Kier alpha value is -1.65. The third kappa shape index (κ3) is 3.66. The van der Waals surface area contributed by atoms with Crippen molar-refractivity contribution in [1.29, 1.82) is 0 Å². The van der Waals surface area contributed by atoms with Gasteiger partial charge in [0.1, 0.15) is 22.9 Å². The highest BCUT2D eigenvalue weighted by molar-refractivity contribution is 5.16. The van der Waals surface area contributed by atoms with Gasteiger partial charge in [-0.1, -0.05) is 12.1 Å². The van der Waals surface area contributed by atoms with Crippen molar-refractivity contribution in [3.63, 3.8) is 0 Å². The minimum atomic E-state index is -1.08. The number of hydrogen-bond donors (Lipinski definition) is 2. The zero-order valence-electron chi connectivity index (χ0n) is 11.1. The Kier molecular flexibility index (Phi) is 4.02. The Morgan fingerprint density at radius 2 is 2.11 bits per heavy atom. The molecule has 2 rings (SSSR count). The first-order chi connectivity index (χ1) is 8.97. The van der Waals surface area contributed by atoms with E-state index in [4.69, 9.17) is 4.42 Å². The average molecular weight is 263 g/mol. The van der Waals surface area contributed by atoms with E-state index < -0.39 is 5.60 Å². The van der Waals surface area contributed by atoms with Crippen molar-refractivity contribution in [3.05, 3.63) is 59.3 Å². The number of furan rings is 1. The van der Waals surface area contributed by atoms with Crippen molar-refractivity contribution in [2.45, 2.75) is 26.0 Å². The van der Waals surface area contributed by atoms with Crippen LogP contribution in [-0.4, -0.2) is 11.7 Å². The number of aryl methyl sites for hydroxylation is 1. The van der Waals surface area contributed by atoms with Crippen molar-refractivity contribution in [1.82, 2.24) is 5.32 Å². The summed E-state index contributed by atoms with van der Waals surface area (Å²) >= 11 is 0. The van der Waals surface area contributed by atoms with Crippen molar-refractivity contribution in [3.8, 4) is 0 Å². The molecule has 0 saturated carbocycles. The number of rotatable bonds is 5. The Bertz CT molecular complexity index is 549. The maximum absolute atomic E-state index is 13.0. The summed E-state index contributed by atoms with van der Waals surface area (Å²) in [5.74, 6) is 1.03. The molecular weight excluding hydrogens is 245 g/mol. The smallest absolute Gasteiger partial charge is 0.136 e. The quantitative estimate of drug-likeness (QED) is 0.872. The maximum Gasteiger partial charge on any atom is 0.136 e. The summed E-state index contributed by atoms with van der Waals surface area (Å²) in [7, 11) is 0. The Morgan fingerprint density at radius 1 is 1.32 bits per heavy atom. The highest BCUT2D eigenvalue weighted by atomic mass is 19.1. The average Bonchev–Trinajstić information content (AvgIpc) is 2.76. The second-order valence-electron chi connectivity index (χ2n) is 4.92. The third-order valence-corrected chi connectivity index (χ3v) is 2.96. The van der Waals surface area contributed by atoms with Gasteiger partial charge in [0.2, 0.25) is 0 Å². The minimum absolute atomic E-state index is 0.257. The van der Waals surface area contributed by atoms with E-state index in [2.05, 4.69) is 5.32 Å². The molecule has 2 N–H and O–H groups in total. The van der Waals surface area contributed by atoms with E-state index in [1.54, 1.807) is 19.1 Å². The van der Waals surface area contributed by atoms with Gasteiger partial charge in [0, 0.05) is 13.1 Å². The van der Waals surface area contributed by atoms with E-state index in [0.29, 0.717) is 18.8 Å². The van der Waals surface area contributed by atoms with Crippen molar-refractivity contribution < 1.29 is 13.9 Å². The molecule has 1 aromatic heterocycles. The first-order valence-corrected chi connectivity index (χ1v) is 6.22. The monoisotopic (exact) mass is 263 g/mol. The fraction of sp³-hybridized carbons (Fsp3) is 0.333. The molecule has 1 aromatic carbocycles. The summed E-state index contributed by atoms with van der Waals surface area (Å²) < 4.78 is 18.4. The van der Waals surface area contributed by atoms with Crippen LogP contribution in [0.2, 0.25) is 0 Å². The van der Waals surface area contributed by atoms with Gasteiger partial charge in [0.05, 0.1) is 0 Å².